The minimum absolute atomic E-state index is 0.0787. The molecule has 0 bridgehead atoms. The van der Waals surface area contributed by atoms with Crippen LogP contribution in [0.3, 0.4) is 0 Å². The quantitative estimate of drug-likeness (QED) is 0.753. The first-order valence-electron chi connectivity index (χ1n) is 5.33. The molecule has 1 aromatic rings. The van der Waals surface area contributed by atoms with E-state index in [0.717, 1.165) is 6.07 Å². The molecule has 0 saturated carbocycles. The summed E-state index contributed by atoms with van der Waals surface area (Å²) in [6, 6.07) is 1.95. The van der Waals surface area contributed by atoms with Gasteiger partial charge in [0.2, 0.25) is 0 Å². The molecule has 1 heterocycles. The molecule has 0 aliphatic carbocycles. The zero-order chi connectivity index (χ0) is 12.4. The fourth-order valence-electron chi connectivity index (χ4n) is 1.88. The maximum absolute atomic E-state index is 13.3. The van der Waals surface area contributed by atoms with Gasteiger partial charge < -0.3 is 20.5 Å². The molecule has 0 amide bonds. The van der Waals surface area contributed by atoms with E-state index in [1.807, 2.05) is 0 Å². The lowest BCUT2D eigenvalue weighted by Crippen LogP contribution is -2.44. The minimum atomic E-state index is -0.771. The molecule has 0 radical (unpaired) electrons. The maximum atomic E-state index is 13.3. The van der Waals surface area contributed by atoms with Gasteiger partial charge in [0, 0.05) is 19.2 Å². The Bertz CT molecular complexity index is 415. The molecule has 2 rings (SSSR count). The first kappa shape index (κ1) is 12.1. The number of ether oxygens (including phenoxy) is 1. The van der Waals surface area contributed by atoms with Crippen molar-refractivity contribution < 1.29 is 18.6 Å². The van der Waals surface area contributed by atoms with E-state index in [1.165, 1.54) is 6.07 Å². The van der Waals surface area contributed by atoms with Crippen molar-refractivity contribution in [3.63, 3.8) is 0 Å². The number of hydrogen-bond acceptors (Lipinski definition) is 4. The summed E-state index contributed by atoms with van der Waals surface area (Å²) in [5.41, 5.74) is 5.81. The molecule has 1 fully saturated rings. The number of aliphatic hydroxyl groups is 1. The molecule has 1 aromatic carbocycles. The standard InChI is InChI=1S/C11H14F2N2O2/c12-7-3-9(13)11(14)10(4-7)15-1-2-17-8(5-15)6-16/h3-4,8,16H,1-2,5-6,14H2. The van der Waals surface area contributed by atoms with E-state index < -0.39 is 11.6 Å². The molecule has 1 unspecified atom stereocenters. The number of anilines is 2. The Kier molecular flexibility index (Phi) is 3.44. The zero-order valence-corrected chi connectivity index (χ0v) is 9.20. The second kappa shape index (κ2) is 4.85. The van der Waals surface area contributed by atoms with Crippen LogP contribution in [0, 0.1) is 11.6 Å². The van der Waals surface area contributed by atoms with E-state index in [-0.39, 0.29) is 18.4 Å². The Labute approximate surface area is 97.6 Å². The van der Waals surface area contributed by atoms with Crippen LogP contribution in [0.5, 0.6) is 0 Å². The van der Waals surface area contributed by atoms with Crippen LogP contribution >= 0.6 is 0 Å². The molecular formula is C11H14F2N2O2. The summed E-state index contributed by atoms with van der Waals surface area (Å²) in [6.07, 6.45) is -0.352. The predicted octanol–water partition coefficient (Wildman–Crippen LogP) is 0.744. The van der Waals surface area contributed by atoms with E-state index in [2.05, 4.69) is 0 Å². The van der Waals surface area contributed by atoms with Gasteiger partial charge in [0.05, 0.1) is 30.7 Å². The van der Waals surface area contributed by atoms with Crippen LogP contribution in [0.25, 0.3) is 0 Å². The average Bonchev–Trinajstić information content (AvgIpc) is 2.34. The number of aliphatic hydroxyl groups excluding tert-OH is 1. The highest BCUT2D eigenvalue weighted by molar-refractivity contribution is 5.68. The van der Waals surface area contributed by atoms with Gasteiger partial charge in [0.25, 0.3) is 0 Å². The highest BCUT2D eigenvalue weighted by atomic mass is 19.1. The summed E-state index contributed by atoms with van der Waals surface area (Å²) >= 11 is 0. The third-order valence-electron chi connectivity index (χ3n) is 2.76. The van der Waals surface area contributed by atoms with Gasteiger partial charge in [-0.25, -0.2) is 8.78 Å². The van der Waals surface area contributed by atoms with Crippen molar-refractivity contribution >= 4 is 11.4 Å². The van der Waals surface area contributed by atoms with Crippen molar-refractivity contribution in [1.29, 1.82) is 0 Å². The number of nitrogens with two attached hydrogens (primary N) is 1. The Morgan fingerprint density at radius 1 is 1.47 bits per heavy atom. The van der Waals surface area contributed by atoms with Crippen molar-refractivity contribution in [2.24, 2.45) is 0 Å². The van der Waals surface area contributed by atoms with E-state index >= 15 is 0 Å². The molecule has 1 saturated heterocycles. The zero-order valence-electron chi connectivity index (χ0n) is 9.20. The van der Waals surface area contributed by atoms with E-state index in [1.54, 1.807) is 4.90 Å². The lowest BCUT2D eigenvalue weighted by atomic mass is 10.2. The van der Waals surface area contributed by atoms with Crippen molar-refractivity contribution in [2.75, 3.05) is 36.9 Å². The fraction of sp³-hybridized carbons (Fsp3) is 0.455. The van der Waals surface area contributed by atoms with Crippen LogP contribution in [0.1, 0.15) is 0 Å². The number of benzene rings is 1. The number of nitrogens with zero attached hydrogens (tertiary/aromatic N) is 1. The highest BCUT2D eigenvalue weighted by Crippen LogP contribution is 2.28. The first-order chi connectivity index (χ1) is 8.11. The molecule has 6 heteroatoms. The molecule has 0 aromatic heterocycles. The topological polar surface area (TPSA) is 58.7 Å². The summed E-state index contributed by atoms with van der Waals surface area (Å²) in [4.78, 5) is 1.71. The summed E-state index contributed by atoms with van der Waals surface area (Å²) < 4.78 is 31.7. The molecule has 94 valence electrons. The Morgan fingerprint density at radius 2 is 2.24 bits per heavy atom. The fourth-order valence-corrected chi connectivity index (χ4v) is 1.88. The van der Waals surface area contributed by atoms with Gasteiger partial charge >= 0.3 is 0 Å². The van der Waals surface area contributed by atoms with Gasteiger partial charge in [-0.05, 0) is 6.07 Å². The molecule has 0 spiro atoms. The summed E-state index contributed by atoms with van der Waals surface area (Å²) in [5, 5.41) is 9.00. The predicted molar refractivity (Wildman–Crippen MR) is 59.8 cm³/mol. The number of hydrogen-bond donors (Lipinski definition) is 2. The van der Waals surface area contributed by atoms with Gasteiger partial charge in [-0.15, -0.1) is 0 Å². The third kappa shape index (κ3) is 2.48. The van der Waals surface area contributed by atoms with Crippen molar-refractivity contribution in [1.82, 2.24) is 0 Å². The Morgan fingerprint density at radius 3 is 2.94 bits per heavy atom. The second-order valence-corrected chi connectivity index (χ2v) is 3.94. The smallest absolute Gasteiger partial charge is 0.151 e. The minimum Gasteiger partial charge on any atom is -0.395 e. The SMILES string of the molecule is Nc1c(F)cc(F)cc1N1CCOC(CO)C1. The van der Waals surface area contributed by atoms with E-state index in [4.69, 9.17) is 15.6 Å². The van der Waals surface area contributed by atoms with E-state index in [0.29, 0.717) is 25.4 Å². The maximum Gasteiger partial charge on any atom is 0.151 e. The molecule has 3 N–H and O–H groups in total. The van der Waals surface area contributed by atoms with Crippen molar-refractivity contribution in [3.05, 3.63) is 23.8 Å². The van der Waals surface area contributed by atoms with Crippen LogP contribution in [-0.4, -0.2) is 37.5 Å². The van der Waals surface area contributed by atoms with Crippen LogP contribution in [-0.2, 0) is 4.74 Å². The largest absolute Gasteiger partial charge is 0.395 e. The summed E-state index contributed by atoms with van der Waals surface area (Å²) in [7, 11) is 0. The molecule has 1 atom stereocenters. The third-order valence-corrected chi connectivity index (χ3v) is 2.76. The second-order valence-electron chi connectivity index (χ2n) is 3.94. The van der Waals surface area contributed by atoms with Gasteiger partial charge in [0.1, 0.15) is 5.82 Å². The van der Waals surface area contributed by atoms with Crippen LogP contribution < -0.4 is 10.6 Å². The Balaban J connectivity index is 2.27. The van der Waals surface area contributed by atoms with E-state index in [9.17, 15) is 8.78 Å². The highest BCUT2D eigenvalue weighted by Gasteiger charge is 2.22. The molecule has 4 nitrogen and oxygen atoms in total. The average molecular weight is 244 g/mol. The van der Waals surface area contributed by atoms with Crippen molar-refractivity contribution in [3.8, 4) is 0 Å². The summed E-state index contributed by atoms with van der Waals surface area (Å²) in [5.74, 6) is -1.44. The van der Waals surface area contributed by atoms with Gasteiger partial charge in [-0.1, -0.05) is 0 Å². The van der Waals surface area contributed by atoms with Gasteiger partial charge in [-0.3, -0.25) is 0 Å². The number of halogens is 2. The van der Waals surface area contributed by atoms with Gasteiger partial charge in [-0.2, -0.15) is 0 Å². The number of rotatable bonds is 2. The number of nitrogen functional groups attached to an aromatic ring is 1. The first-order valence-corrected chi connectivity index (χ1v) is 5.33. The lowest BCUT2D eigenvalue weighted by molar-refractivity contribution is 0.00358. The van der Waals surface area contributed by atoms with Gasteiger partial charge in [0.15, 0.2) is 5.82 Å². The normalized spacial score (nSPS) is 20.6. The van der Waals surface area contributed by atoms with Crippen LogP contribution in [0.2, 0.25) is 0 Å². The van der Waals surface area contributed by atoms with Crippen molar-refractivity contribution in [2.45, 2.75) is 6.10 Å². The Hall–Kier alpha value is -1.40. The molecule has 1 aliphatic heterocycles. The summed E-state index contributed by atoms with van der Waals surface area (Å²) in [6.45, 7) is 1.12. The monoisotopic (exact) mass is 244 g/mol. The van der Waals surface area contributed by atoms with Crippen LogP contribution in [0.15, 0.2) is 12.1 Å². The lowest BCUT2D eigenvalue weighted by Gasteiger charge is -2.34. The van der Waals surface area contributed by atoms with Crippen LogP contribution in [0.4, 0.5) is 20.2 Å². The molecule has 17 heavy (non-hydrogen) atoms. The molecule has 1 aliphatic rings. The molecular weight excluding hydrogens is 230 g/mol. The number of morpholine rings is 1.